The van der Waals surface area contributed by atoms with Crippen molar-refractivity contribution in [2.45, 2.75) is 61.7 Å². The van der Waals surface area contributed by atoms with Crippen molar-refractivity contribution in [3.63, 3.8) is 0 Å². The molecule has 4 aromatic rings. The van der Waals surface area contributed by atoms with Crippen molar-refractivity contribution in [3.05, 3.63) is 106 Å². The predicted octanol–water partition coefficient (Wildman–Crippen LogP) is 6.69. The summed E-state index contributed by atoms with van der Waals surface area (Å²) in [7, 11) is -4.06. The smallest absolute Gasteiger partial charge is 0.291 e. The van der Waals surface area contributed by atoms with Gasteiger partial charge in [0.2, 0.25) is 10.0 Å². The van der Waals surface area contributed by atoms with Crippen LogP contribution in [0.1, 0.15) is 59.4 Å². The van der Waals surface area contributed by atoms with E-state index in [0.29, 0.717) is 48.2 Å². The van der Waals surface area contributed by atoms with Crippen molar-refractivity contribution in [3.8, 4) is 5.69 Å². The lowest BCUT2D eigenvalue weighted by Gasteiger charge is -2.46. The summed E-state index contributed by atoms with van der Waals surface area (Å²) < 4.78 is 85.9. The fraction of sp³-hybridized carbons (Fsp3) is 0.312. The van der Waals surface area contributed by atoms with Crippen LogP contribution in [-0.2, 0) is 22.6 Å². The predicted molar refractivity (Wildman–Crippen MR) is 160 cm³/mol. The Labute approximate surface area is 266 Å². The Balaban J connectivity index is 1.33. The average Bonchev–Trinajstić information content (AvgIpc) is 3.78. The molecule has 0 spiro atoms. The second-order valence-electron chi connectivity index (χ2n) is 11.9. The summed E-state index contributed by atoms with van der Waals surface area (Å²) in [5, 5.41) is 4.63. The number of carbonyl (C=O) groups excluding carboxylic acids is 1. The average molecular weight is 672 g/mol. The SMILES string of the molecule is O=C(c1cc(C(F)(F)F)ccn1)[C@]12Cc3cnn(-c4ccc(F)cc4)c3C=C1CC[C@H](N(C1CC1)S(=O)(=O)c1ccc(Cl)nc1)C2. The molecule has 0 N–H and O–H groups in total. The molecule has 0 aliphatic heterocycles. The number of sulfonamides is 1. The van der Waals surface area contributed by atoms with Gasteiger partial charge in [0.05, 0.1) is 28.6 Å². The van der Waals surface area contributed by atoms with Crippen molar-refractivity contribution in [1.82, 2.24) is 24.1 Å². The summed E-state index contributed by atoms with van der Waals surface area (Å²) in [6.45, 7) is 0. The Morgan fingerprint density at radius 2 is 1.76 bits per heavy atom. The fourth-order valence-corrected chi connectivity index (χ4v) is 8.68. The van der Waals surface area contributed by atoms with Gasteiger partial charge in [-0.1, -0.05) is 17.2 Å². The van der Waals surface area contributed by atoms with E-state index in [2.05, 4.69) is 15.1 Å². The molecule has 8 nitrogen and oxygen atoms in total. The van der Waals surface area contributed by atoms with Gasteiger partial charge in [0.1, 0.15) is 21.6 Å². The molecular formula is C32H26ClF4N5O3S. The number of hydrogen-bond donors (Lipinski definition) is 0. The van der Waals surface area contributed by atoms with Crippen LogP contribution in [0.25, 0.3) is 11.8 Å². The number of alkyl halides is 3. The fourth-order valence-electron chi connectivity index (χ4n) is 6.72. The van der Waals surface area contributed by atoms with E-state index in [4.69, 9.17) is 11.6 Å². The minimum atomic E-state index is -4.69. The van der Waals surface area contributed by atoms with Crippen molar-refractivity contribution in [2.24, 2.45) is 5.41 Å². The molecule has 3 aliphatic rings. The first kappa shape index (κ1) is 30.7. The molecule has 3 heterocycles. The van der Waals surface area contributed by atoms with Crippen molar-refractivity contribution < 1.29 is 30.8 Å². The molecule has 0 radical (unpaired) electrons. The number of rotatable bonds is 7. The monoisotopic (exact) mass is 671 g/mol. The molecule has 0 unspecified atom stereocenters. The first-order chi connectivity index (χ1) is 21.9. The van der Waals surface area contributed by atoms with Crippen LogP contribution < -0.4 is 0 Å². The molecule has 2 saturated carbocycles. The minimum Gasteiger partial charge on any atom is -0.291 e. The van der Waals surface area contributed by atoms with Gasteiger partial charge in [-0.3, -0.25) is 9.78 Å². The van der Waals surface area contributed by atoms with Gasteiger partial charge < -0.3 is 0 Å². The van der Waals surface area contributed by atoms with Crippen LogP contribution in [0.2, 0.25) is 5.15 Å². The molecule has 14 heteroatoms. The summed E-state index contributed by atoms with van der Waals surface area (Å²) in [4.78, 5) is 22.5. The van der Waals surface area contributed by atoms with Crippen molar-refractivity contribution in [2.75, 3.05) is 0 Å². The Morgan fingerprint density at radius 3 is 2.43 bits per heavy atom. The third-order valence-corrected chi connectivity index (χ3v) is 11.2. The van der Waals surface area contributed by atoms with E-state index in [-0.39, 0.29) is 34.6 Å². The lowest BCUT2D eigenvalue weighted by Crippen LogP contribution is -2.51. The first-order valence-electron chi connectivity index (χ1n) is 14.6. The van der Waals surface area contributed by atoms with Gasteiger partial charge in [-0.05, 0) is 98.7 Å². The second kappa shape index (κ2) is 11.1. The molecule has 3 aliphatic carbocycles. The van der Waals surface area contributed by atoms with Crippen molar-refractivity contribution in [1.29, 1.82) is 0 Å². The molecule has 0 amide bonds. The number of aromatic nitrogens is 4. The zero-order chi connectivity index (χ0) is 32.4. The highest BCUT2D eigenvalue weighted by molar-refractivity contribution is 7.89. The third kappa shape index (κ3) is 5.33. The summed E-state index contributed by atoms with van der Waals surface area (Å²) >= 11 is 5.92. The number of pyridine rings is 2. The summed E-state index contributed by atoms with van der Waals surface area (Å²) in [5.41, 5.74) is -0.169. The van der Waals surface area contributed by atoms with Gasteiger partial charge in [0, 0.05) is 24.5 Å². The number of benzene rings is 1. The lowest BCUT2D eigenvalue weighted by molar-refractivity contribution is -0.137. The molecular weight excluding hydrogens is 646 g/mol. The molecule has 2 atom stereocenters. The molecule has 0 bridgehead atoms. The van der Waals surface area contributed by atoms with Gasteiger partial charge in [-0.25, -0.2) is 22.5 Å². The maximum atomic E-state index is 14.5. The van der Waals surface area contributed by atoms with Crippen LogP contribution in [0.15, 0.2) is 77.6 Å². The van der Waals surface area contributed by atoms with E-state index < -0.39 is 44.8 Å². The summed E-state index contributed by atoms with van der Waals surface area (Å²) in [5.74, 6) is -1.03. The Morgan fingerprint density at radius 1 is 1.00 bits per heavy atom. The molecule has 2 fully saturated rings. The van der Waals surface area contributed by atoms with Crippen LogP contribution in [-0.4, -0.2) is 50.3 Å². The highest BCUT2D eigenvalue weighted by Gasteiger charge is 2.54. The van der Waals surface area contributed by atoms with Crippen LogP contribution in [0.5, 0.6) is 0 Å². The molecule has 3 aromatic heterocycles. The van der Waals surface area contributed by atoms with Gasteiger partial charge in [0.15, 0.2) is 5.78 Å². The Hall–Kier alpha value is -3.94. The second-order valence-corrected chi connectivity index (χ2v) is 14.1. The summed E-state index contributed by atoms with van der Waals surface area (Å²) in [6.07, 6.45) is 2.95. The van der Waals surface area contributed by atoms with Crippen LogP contribution >= 0.6 is 11.6 Å². The normalized spacial score (nSPS) is 21.4. The number of ketones is 1. The van der Waals surface area contributed by atoms with E-state index >= 15 is 0 Å². The van der Waals surface area contributed by atoms with E-state index in [1.165, 1.54) is 34.8 Å². The quantitative estimate of drug-likeness (QED) is 0.123. The van der Waals surface area contributed by atoms with Crippen molar-refractivity contribution >= 4 is 33.5 Å². The Kier molecular flexibility index (Phi) is 7.41. The van der Waals surface area contributed by atoms with E-state index in [1.54, 1.807) is 23.0 Å². The largest absolute Gasteiger partial charge is 0.416 e. The Bertz CT molecular complexity index is 1980. The molecule has 0 saturated heterocycles. The zero-order valence-corrected chi connectivity index (χ0v) is 25.7. The number of allylic oxidation sites excluding steroid dienone is 1. The van der Waals surface area contributed by atoms with E-state index in [9.17, 15) is 30.8 Å². The zero-order valence-electron chi connectivity index (χ0n) is 24.1. The van der Waals surface area contributed by atoms with Crippen LogP contribution in [0.3, 0.4) is 0 Å². The number of Topliss-reactive ketones (excluding diaryl/α,β-unsaturated/α-hetero) is 1. The van der Waals surface area contributed by atoms with E-state index in [0.717, 1.165) is 18.3 Å². The minimum absolute atomic E-state index is 0.0310. The number of carbonyl (C=O) groups is 1. The molecule has 238 valence electrons. The van der Waals surface area contributed by atoms with Gasteiger partial charge in [-0.2, -0.15) is 22.6 Å². The maximum Gasteiger partial charge on any atom is 0.416 e. The highest BCUT2D eigenvalue weighted by Crippen LogP contribution is 2.53. The molecule has 1 aromatic carbocycles. The van der Waals surface area contributed by atoms with Gasteiger partial charge >= 0.3 is 6.18 Å². The lowest BCUT2D eigenvalue weighted by atomic mass is 9.60. The van der Waals surface area contributed by atoms with Gasteiger partial charge in [-0.15, -0.1) is 0 Å². The number of hydrogen-bond acceptors (Lipinski definition) is 6. The third-order valence-electron chi connectivity index (χ3n) is 9.00. The topological polar surface area (TPSA) is 98.0 Å². The standard InChI is InChI=1S/C32H26ClF4N5O3S/c33-29-10-9-26(18-39-29)46(44,45)42(24-7-8-24)25-4-1-20-14-28-19(17-40-41(28)23-5-2-22(34)3-6-23)15-31(20,16-25)30(43)27-13-21(11-12-38-27)32(35,36)37/h2-3,5-6,9-14,17-18,24-25H,1,4,7-8,15-16H2/t25-,31-/m0/s1. The number of halogens is 5. The number of fused-ring (bicyclic) bond motifs is 2. The van der Waals surface area contributed by atoms with Gasteiger partial charge in [0.25, 0.3) is 0 Å². The highest BCUT2D eigenvalue weighted by atomic mass is 35.5. The summed E-state index contributed by atoms with van der Waals surface area (Å²) in [6, 6.07) is 9.19. The first-order valence-corrected chi connectivity index (χ1v) is 16.5. The number of nitrogens with zero attached hydrogens (tertiary/aromatic N) is 5. The molecule has 7 rings (SSSR count). The maximum absolute atomic E-state index is 14.5. The van der Waals surface area contributed by atoms with Crippen LogP contribution in [0.4, 0.5) is 17.6 Å². The van der Waals surface area contributed by atoms with E-state index in [1.807, 2.05) is 6.08 Å². The van der Waals surface area contributed by atoms with Crippen LogP contribution in [0, 0.1) is 11.2 Å². The molecule has 46 heavy (non-hydrogen) atoms.